The fourth-order valence-electron chi connectivity index (χ4n) is 3.93. The van der Waals surface area contributed by atoms with Gasteiger partial charge in [0.1, 0.15) is 0 Å². The van der Waals surface area contributed by atoms with Gasteiger partial charge in [-0.2, -0.15) is 0 Å². The molecule has 0 spiro atoms. The van der Waals surface area contributed by atoms with E-state index in [0.717, 1.165) is 45.5 Å². The smallest absolute Gasteiger partial charge is 0.225 e. The molecule has 2 atom stereocenters. The maximum Gasteiger partial charge on any atom is 0.225 e. The van der Waals surface area contributed by atoms with Crippen LogP contribution in [-0.2, 0) is 9.53 Å². The van der Waals surface area contributed by atoms with Crippen molar-refractivity contribution in [3.8, 4) is 0 Å². The quantitative estimate of drug-likeness (QED) is 0.412. The summed E-state index contributed by atoms with van der Waals surface area (Å²) < 4.78 is 5.53. The van der Waals surface area contributed by atoms with E-state index in [1.807, 2.05) is 11.8 Å². The minimum atomic E-state index is -0.580. The van der Waals surface area contributed by atoms with Gasteiger partial charge in [-0.1, -0.05) is 12.8 Å². The number of carbonyl (C=O) groups excluding carboxylic acids is 1. The van der Waals surface area contributed by atoms with Gasteiger partial charge in [-0.25, -0.2) is 0 Å². The highest BCUT2D eigenvalue weighted by molar-refractivity contribution is 5.81. The average Bonchev–Trinajstić information content (AvgIpc) is 3.12. The molecule has 3 rings (SSSR count). The van der Waals surface area contributed by atoms with Crippen molar-refractivity contribution in [2.45, 2.75) is 64.0 Å². The second kappa shape index (κ2) is 10.3. The van der Waals surface area contributed by atoms with E-state index in [0.29, 0.717) is 30.9 Å². The molecule has 7 nitrogen and oxygen atoms in total. The lowest BCUT2D eigenvalue weighted by molar-refractivity contribution is -0.134. The van der Waals surface area contributed by atoms with E-state index in [9.17, 15) is 9.90 Å². The molecule has 0 aromatic rings. The van der Waals surface area contributed by atoms with Crippen LogP contribution in [0.25, 0.3) is 0 Å². The molecule has 1 saturated heterocycles. The first-order valence-corrected chi connectivity index (χ1v) is 10.7. The minimum absolute atomic E-state index is 0.219. The summed E-state index contributed by atoms with van der Waals surface area (Å²) in [5, 5.41) is 16.7. The molecule has 0 aromatic heterocycles. The predicted octanol–water partition coefficient (Wildman–Crippen LogP) is 1.12. The van der Waals surface area contributed by atoms with Gasteiger partial charge in [0.25, 0.3) is 0 Å². The minimum Gasteiger partial charge on any atom is -0.389 e. The summed E-state index contributed by atoms with van der Waals surface area (Å²) in [6.07, 6.45) is 7.36. The SMILES string of the molecule is CCNC(=NCC(O)COCC1CC1)NC1CCN(C(=O)C2CCCC2)C1. The number of ether oxygens (including phenoxy) is 1. The number of amides is 1. The molecule has 2 saturated carbocycles. The highest BCUT2D eigenvalue weighted by Crippen LogP contribution is 2.29. The number of rotatable bonds is 9. The molecule has 1 amide bonds. The van der Waals surface area contributed by atoms with Gasteiger partial charge in [0.05, 0.1) is 19.3 Å². The van der Waals surface area contributed by atoms with Crippen molar-refractivity contribution in [3.05, 3.63) is 0 Å². The van der Waals surface area contributed by atoms with Gasteiger partial charge in [-0.05, 0) is 44.9 Å². The molecule has 3 aliphatic rings. The van der Waals surface area contributed by atoms with Crippen LogP contribution in [0.15, 0.2) is 4.99 Å². The molecule has 27 heavy (non-hydrogen) atoms. The highest BCUT2D eigenvalue weighted by Gasteiger charge is 2.32. The first-order chi connectivity index (χ1) is 13.2. The van der Waals surface area contributed by atoms with E-state index < -0.39 is 6.10 Å². The van der Waals surface area contributed by atoms with Crippen molar-refractivity contribution in [2.75, 3.05) is 39.4 Å². The van der Waals surface area contributed by atoms with Crippen LogP contribution < -0.4 is 10.6 Å². The summed E-state index contributed by atoms with van der Waals surface area (Å²) >= 11 is 0. The summed E-state index contributed by atoms with van der Waals surface area (Å²) in [6.45, 7) is 5.77. The molecular formula is C20H36N4O3. The van der Waals surface area contributed by atoms with Crippen LogP contribution in [-0.4, -0.2) is 73.4 Å². The molecule has 0 bridgehead atoms. The lowest BCUT2D eigenvalue weighted by Crippen LogP contribution is -2.45. The Morgan fingerprint density at radius 3 is 2.74 bits per heavy atom. The Kier molecular flexibility index (Phi) is 7.76. The van der Waals surface area contributed by atoms with E-state index in [1.54, 1.807) is 0 Å². The zero-order chi connectivity index (χ0) is 19.1. The number of aliphatic imine (C=N–C) groups is 1. The van der Waals surface area contributed by atoms with Gasteiger partial charge in [0.15, 0.2) is 5.96 Å². The van der Waals surface area contributed by atoms with Crippen molar-refractivity contribution < 1.29 is 14.6 Å². The van der Waals surface area contributed by atoms with E-state index in [4.69, 9.17) is 4.74 Å². The largest absolute Gasteiger partial charge is 0.389 e. The van der Waals surface area contributed by atoms with Crippen molar-refractivity contribution in [3.63, 3.8) is 0 Å². The van der Waals surface area contributed by atoms with E-state index in [2.05, 4.69) is 15.6 Å². The Balaban J connectivity index is 1.40. The molecule has 1 aliphatic heterocycles. The second-order valence-electron chi connectivity index (χ2n) is 8.25. The molecule has 2 unspecified atom stereocenters. The van der Waals surface area contributed by atoms with Crippen LogP contribution in [0.4, 0.5) is 0 Å². The van der Waals surface area contributed by atoms with Gasteiger partial charge in [-0.3, -0.25) is 9.79 Å². The third-order valence-electron chi connectivity index (χ3n) is 5.71. The topological polar surface area (TPSA) is 86.2 Å². The van der Waals surface area contributed by atoms with E-state index in [-0.39, 0.29) is 12.0 Å². The molecular weight excluding hydrogens is 344 g/mol. The molecule has 0 radical (unpaired) electrons. The zero-order valence-corrected chi connectivity index (χ0v) is 16.7. The molecule has 0 aromatic carbocycles. The van der Waals surface area contributed by atoms with Crippen molar-refractivity contribution >= 4 is 11.9 Å². The number of carbonyl (C=O) groups is 1. The van der Waals surface area contributed by atoms with Gasteiger partial charge in [0, 0.05) is 38.2 Å². The van der Waals surface area contributed by atoms with Crippen LogP contribution >= 0.6 is 0 Å². The van der Waals surface area contributed by atoms with Crippen LogP contribution in [0.1, 0.15) is 51.9 Å². The Hall–Kier alpha value is -1.34. The first kappa shape index (κ1) is 20.4. The molecule has 1 heterocycles. The number of hydrogen-bond acceptors (Lipinski definition) is 4. The lowest BCUT2D eigenvalue weighted by Gasteiger charge is -2.21. The monoisotopic (exact) mass is 380 g/mol. The molecule has 2 aliphatic carbocycles. The predicted molar refractivity (Wildman–Crippen MR) is 106 cm³/mol. The van der Waals surface area contributed by atoms with Gasteiger partial charge >= 0.3 is 0 Å². The average molecular weight is 381 g/mol. The number of aliphatic hydroxyl groups excluding tert-OH is 1. The maximum absolute atomic E-state index is 12.6. The van der Waals surface area contributed by atoms with Crippen molar-refractivity contribution in [1.29, 1.82) is 0 Å². The lowest BCUT2D eigenvalue weighted by atomic mass is 10.1. The van der Waals surface area contributed by atoms with E-state index >= 15 is 0 Å². The summed E-state index contributed by atoms with van der Waals surface area (Å²) in [7, 11) is 0. The maximum atomic E-state index is 12.6. The van der Waals surface area contributed by atoms with Crippen LogP contribution in [0.2, 0.25) is 0 Å². The summed E-state index contributed by atoms with van der Waals surface area (Å²) in [6, 6.07) is 0.219. The van der Waals surface area contributed by atoms with Gasteiger partial charge in [-0.15, -0.1) is 0 Å². The molecule has 7 heteroatoms. The van der Waals surface area contributed by atoms with Gasteiger partial charge < -0.3 is 25.4 Å². The standard InChI is InChI=1S/C20H36N4O3/c1-2-21-20(22-11-18(25)14-27-13-15-7-8-15)23-17-9-10-24(12-17)19(26)16-5-3-4-6-16/h15-18,25H,2-14H2,1H3,(H2,21,22,23). The number of likely N-dealkylation sites (tertiary alicyclic amines) is 1. The number of nitrogens with zero attached hydrogens (tertiary/aromatic N) is 2. The van der Waals surface area contributed by atoms with E-state index in [1.165, 1.54) is 25.7 Å². The fourth-order valence-corrected chi connectivity index (χ4v) is 3.93. The summed E-state index contributed by atoms with van der Waals surface area (Å²) in [5.74, 6) is 1.99. The second-order valence-corrected chi connectivity index (χ2v) is 8.25. The number of hydrogen-bond donors (Lipinski definition) is 3. The number of aliphatic hydroxyl groups is 1. The Labute approximate surface area is 162 Å². The third kappa shape index (κ3) is 6.64. The Morgan fingerprint density at radius 1 is 1.26 bits per heavy atom. The van der Waals surface area contributed by atoms with Crippen LogP contribution in [0.5, 0.6) is 0 Å². The molecule has 154 valence electrons. The van der Waals surface area contributed by atoms with Crippen LogP contribution in [0, 0.1) is 11.8 Å². The van der Waals surface area contributed by atoms with Crippen molar-refractivity contribution in [2.24, 2.45) is 16.8 Å². The summed E-state index contributed by atoms with van der Waals surface area (Å²) in [5.41, 5.74) is 0. The normalized spacial score (nSPS) is 25.0. The Morgan fingerprint density at radius 2 is 2.04 bits per heavy atom. The van der Waals surface area contributed by atoms with Crippen molar-refractivity contribution in [1.82, 2.24) is 15.5 Å². The third-order valence-corrected chi connectivity index (χ3v) is 5.71. The number of guanidine groups is 1. The highest BCUT2D eigenvalue weighted by atomic mass is 16.5. The van der Waals surface area contributed by atoms with Crippen LogP contribution in [0.3, 0.4) is 0 Å². The zero-order valence-electron chi connectivity index (χ0n) is 16.7. The fraction of sp³-hybridized carbons (Fsp3) is 0.900. The number of nitrogens with one attached hydrogen (secondary N) is 2. The molecule has 3 N–H and O–H groups in total. The first-order valence-electron chi connectivity index (χ1n) is 10.7. The summed E-state index contributed by atoms with van der Waals surface area (Å²) in [4.78, 5) is 19.1. The Bertz CT molecular complexity index is 503. The molecule has 3 fully saturated rings. The van der Waals surface area contributed by atoms with Gasteiger partial charge in [0.2, 0.25) is 5.91 Å².